The molecule has 0 radical (unpaired) electrons. The molecule has 2 aliphatic heterocycles. The van der Waals surface area contributed by atoms with Gasteiger partial charge in [-0.2, -0.15) is 0 Å². The first kappa shape index (κ1) is 26.2. The molecule has 1 N–H and O–H groups in total. The van der Waals surface area contributed by atoms with Crippen molar-refractivity contribution in [2.45, 2.75) is 77.7 Å². The molecule has 1 atom stereocenters. The van der Waals surface area contributed by atoms with Crippen molar-refractivity contribution in [2.75, 3.05) is 19.7 Å². The summed E-state index contributed by atoms with van der Waals surface area (Å²) < 4.78 is 6.28. The van der Waals surface area contributed by atoms with Crippen LogP contribution in [0.3, 0.4) is 0 Å². The van der Waals surface area contributed by atoms with Gasteiger partial charge in [-0.05, 0) is 61.6 Å². The first-order valence-electron chi connectivity index (χ1n) is 13.8. The number of para-hydroxylation sites is 1. The quantitative estimate of drug-likeness (QED) is 0.610. The van der Waals surface area contributed by atoms with E-state index < -0.39 is 5.41 Å². The Bertz CT molecular complexity index is 996. The second-order valence-corrected chi connectivity index (χ2v) is 11.1. The van der Waals surface area contributed by atoms with Gasteiger partial charge in [0.1, 0.15) is 12.4 Å². The SMILES string of the molecule is CC(C)C[C@H]1COc2ccccc2CCCCCC2(CCN(C(=O)Cc3ccccc3)CC2)C(=O)N1. The summed E-state index contributed by atoms with van der Waals surface area (Å²) >= 11 is 0. The highest BCUT2D eigenvalue weighted by Gasteiger charge is 2.42. The van der Waals surface area contributed by atoms with E-state index in [1.807, 2.05) is 47.4 Å². The number of aryl methyl sites for hydroxylation is 1. The van der Waals surface area contributed by atoms with Gasteiger partial charge >= 0.3 is 0 Å². The Labute approximate surface area is 216 Å². The van der Waals surface area contributed by atoms with Gasteiger partial charge in [0.2, 0.25) is 11.8 Å². The van der Waals surface area contributed by atoms with Crippen LogP contribution in [0.15, 0.2) is 54.6 Å². The Kier molecular flexibility index (Phi) is 9.06. The number of ether oxygens (including phenoxy) is 1. The number of likely N-dealkylation sites (tertiary alicyclic amines) is 1. The van der Waals surface area contributed by atoms with E-state index in [9.17, 15) is 9.59 Å². The van der Waals surface area contributed by atoms with E-state index in [-0.39, 0.29) is 17.9 Å². The lowest BCUT2D eigenvalue weighted by Gasteiger charge is -2.41. The van der Waals surface area contributed by atoms with Crippen molar-refractivity contribution in [1.82, 2.24) is 10.2 Å². The lowest BCUT2D eigenvalue weighted by Crippen LogP contribution is -2.53. The summed E-state index contributed by atoms with van der Waals surface area (Å²) in [5, 5.41) is 3.39. The normalized spacial score (nSPS) is 20.9. The summed E-state index contributed by atoms with van der Waals surface area (Å²) in [7, 11) is 0. The molecule has 0 saturated carbocycles. The monoisotopic (exact) mass is 490 g/mol. The summed E-state index contributed by atoms with van der Waals surface area (Å²) in [6.07, 6.45) is 7.87. The molecule has 4 rings (SSSR count). The first-order valence-corrected chi connectivity index (χ1v) is 13.8. The average molecular weight is 491 g/mol. The second-order valence-electron chi connectivity index (χ2n) is 11.1. The molecule has 2 amide bonds. The number of hydrogen-bond donors (Lipinski definition) is 1. The van der Waals surface area contributed by atoms with Gasteiger partial charge in [0.05, 0.1) is 17.9 Å². The predicted molar refractivity (Wildman–Crippen MR) is 144 cm³/mol. The lowest BCUT2D eigenvalue weighted by molar-refractivity contribution is -0.141. The van der Waals surface area contributed by atoms with Crippen LogP contribution in [-0.2, 0) is 22.4 Å². The summed E-state index contributed by atoms with van der Waals surface area (Å²) in [6.45, 7) is 6.16. The van der Waals surface area contributed by atoms with Crippen LogP contribution in [0.25, 0.3) is 0 Å². The molecule has 0 bridgehead atoms. The molecule has 0 aromatic heterocycles. The molecule has 1 spiro atoms. The van der Waals surface area contributed by atoms with E-state index in [0.29, 0.717) is 32.0 Å². The van der Waals surface area contributed by atoms with Crippen LogP contribution in [0.2, 0.25) is 0 Å². The summed E-state index contributed by atoms with van der Waals surface area (Å²) in [5.41, 5.74) is 1.89. The minimum Gasteiger partial charge on any atom is -0.491 e. The van der Waals surface area contributed by atoms with E-state index in [0.717, 1.165) is 62.7 Å². The second kappa shape index (κ2) is 12.4. The molecule has 5 heteroatoms. The number of fused-ring (bicyclic) bond motifs is 1. The number of carbonyl (C=O) groups excluding carboxylic acids is 2. The number of carbonyl (C=O) groups is 2. The van der Waals surface area contributed by atoms with E-state index in [1.54, 1.807) is 0 Å². The molecule has 2 aliphatic rings. The van der Waals surface area contributed by atoms with Crippen LogP contribution in [0, 0.1) is 11.3 Å². The number of nitrogens with zero attached hydrogens (tertiary/aromatic N) is 1. The topological polar surface area (TPSA) is 58.6 Å². The number of nitrogens with one attached hydrogen (secondary N) is 1. The summed E-state index contributed by atoms with van der Waals surface area (Å²) in [6, 6.07) is 18.2. The van der Waals surface area contributed by atoms with Gasteiger partial charge in [-0.15, -0.1) is 0 Å². The van der Waals surface area contributed by atoms with Crippen LogP contribution in [0.5, 0.6) is 5.75 Å². The maximum Gasteiger partial charge on any atom is 0.226 e. The van der Waals surface area contributed by atoms with E-state index in [2.05, 4.69) is 31.3 Å². The van der Waals surface area contributed by atoms with Gasteiger partial charge in [-0.3, -0.25) is 9.59 Å². The fraction of sp³-hybridized carbons (Fsp3) is 0.548. The molecule has 1 saturated heterocycles. The lowest BCUT2D eigenvalue weighted by atomic mass is 9.73. The number of amides is 2. The Morgan fingerprint density at radius 1 is 1.00 bits per heavy atom. The third kappa shape index (κ3) is 6.89. The molecule has 2 aromatic rings. The average Bonchev–Trinajstić information content (AvgIpc) is 2.88. The highest BCUT2D eigenvalue weighted by Crippen LogP contribution is 2.38. The molecule has 1 fully saturated rings. The third-order valence-corrected chi connectivity index (χ3v) is 7.86. The Morgan fingerprint density at radius 2 is 1.72 bits per heavy atom. The molecule has 36 heavy (non-hydrogen) atoms. The molecule has 194 valence electrons. The van der Waals surface area contributed by atoms with E-state index >= 15 is 0 Å². The molecule has 5 nitrogen and oxygen atoms in total. The zero-order chi connectivity index (χ0) is 25.4. The van der Waals surface area contributed by atoms with E-state index in [4.69, 9.17) is 4.74 Å². The highest BCUT2D eigenvalue weighted by atomic mass is 16.5. The smallest absolute Gasteiger partial charge is 0.226 e. The van der Waals surface area contributed by atoms with Crippen LogP contribution in [0.4, 0.5) is 0 Å². The number of hydrogen-bond acceptors (Lipinski definition) is 3. The summed E-state index contributed by atoms with van der Waals surface area (Å²) in [4.78, 5) is 28.7. The minimum absolute atomic E-state index is 0.0269. The van der Waals surface area contributed by atoms with Gasteiger partial charge < -0.3 is 15.0 Å². The number of benzene rings is 2. The van der Waals surface area contributed by atoms with Gasteiger partial charge in [-0.25, -0.2) is 0 Å². The molecule has 0 unspecified atom stereocenters. The minimum atomic E-state index is -0.403. The van der Waals surface area contributed by atoms with Gasteiger partial charge in [-0.1, -0.05) is 75.2 Å². The van der Waals surface area contributed by atoms with Crippen molar-refractivity contribution in [1.29, 1.82) is 0 Å². The highest BCUT2D eigenvalue weighted by molar-refractivity contribution is 5.84. The fourth-order valence-electron chi connectivity index (χ4n) is 5.73. The fourth-order valence-corrected chi connectivity index (χ4v) is 5.73. The van der Waals surface area contributed by atoms with Crippen molar-refractivity contribution < 1.29 is 14.3 Å². The van der Waals surface area contributed by atoms with Gasteiger partial charge in [0.25, 0.3) is 0 Å². The zero-order valence-corrected chi connectivity index (χ0v) is 22.0. The number of rotatable bonds is 4. The maximum atomic E-state index is 13.8. The number of piperidine rings is 1. The largest absolute Gasteiger partial charge is 0.491 e. The van der Waals surface area contributed by atoms with Crippen LogP contribution in [0.1, 0.15) is 69.9 Å². The molecular formula is C31H42N2O3. The standard InChI is InChI=1S/C31H42N2O3/c1-24(2)21-27-23-36-28-15-9-8-14-26(28)13-7-4-10-16-31(30(35)32-27)17-19-33(20-18-31)29(34)22-25-11-5-3-6-12-25/h3,5-6,8-9,11-12,14-15,24,27H,4,7,10,13,16-23H2,1-2H3,(H,32,35)/t27-/m0/s1. The predicted octanol–water partition coefficient (Wildman–Crippen LogP) is 5.56. The maximum absolute atomic E-state index is 13.8. The van der Waals surface area contributed by atoms with Crippen LogP contribution >= 0.6 is 0 Å². The Balaban J connectivity index is 1.45. The van der Waals surface area contributed by atoms with Gasteiger partial charge in [0, 0.05) is 13.1 Å². The van der Waals surface area contributed by atoms with Crippen molar-refractivity contribution in [3.63, 3.8) is 0 Å². The van der Waals surface area contributed by atoms with E-state index in [1.165, 1.54) is 5.56 Å². The van der Waals surface area contributed by atoms with Crippen molar-refractivity contribution >= 4 is 11.8 Å². The Hall–Kier alpha value is -2.82. The molecule has 0 aliphatic carbocycles. The third-order valence-electron chi connectivity index (χ3n) is 7.86. The summed E-state index contributed by atoms with van der Waals surface area (Å²) in [5.74, 6) is 1.71. The van der Waals surface area contributed by atoms with Crippen molar-refractivity contribution in [2.24, 2.45) is 11.3 Å². The van der Waals surface area contributed by atoms with Crippen molar-refractivity contribution in [3.8, 4) is 5.75 Å². The molecular weight excluding hydrogens is 448 g/mol. The van der Waals surface area contributed by atoms with Crippen LogP contribution in [-0.4, -0.2) is 42.5 Å². The molecule has 2 aromatic carbocycles. The first-order chi connectivity index (χ1) is 17.4. The Morgan fingerprint density at radius 3 is 2.47 bits per heavy atom. The molecule has 2 heterocycles. The van der Waals surface area contributed by atoms with Gasteiger partial charge in [0.15, 0.2) is 0 Å². The van der Waals surface area contributed by atoms with Crippen LogP contribution < -0.4 is 10.1 Å². The zero-order valence-electron chi connectivity index (χ0n) is 22.0. The van der Waals surface area contributed by atoms with Crippen molar-refractivity contribution in [3.05, 3.63) is 65.7 Å².